The van der Waals surface area contributed by atoms with Gasteiger partial charge in [-0.25, -0.2) is 0 Å². The normalized spacial score (nSPS) is 9.76. The maximum absolute atomic E-state index is 10.4. The molecule has 2 rings (SSSR count). The Morgan fingerprint density at radius 3 is 1.95 bits per heavy atom. The van der Waals surface area contributed by atoms with Crippen LogP contribution in [0.15, 0.2) is 45.3 Å². The first-order chi connectivity index (χ1) is 10.0. The van der Waals surface area contributed by atoms with Crippen molar-refractivity contribution in [3.8, 4) is 0 Å². The van der Waals surface area contributed by atoms with Gasteiger partial charge in [-0.05, 0) is 76.9 Å². The van der Waals surface area contributed by atoms with Crippen LogP contribution < -0.4 is 0 Å². The van der Waals surface area contributed by atoms with Crippen molar-refractivity contribution < 1.29 is 4.79 Å². The highest BCUT2D eigenvalue weighted by Gasteiger charge is 1.97. The Bertz CT molecular complexity index is 612. The zero-order valence-corrected chi connectivity index (χ0v) is 17.3. The quantitative estimate of drug-likeness (QED) is 0.334. The highest BCUT2D eigenvalue weighted by molar-refractivity contribution is 14.1. The van der Waals surface area contributed by atoms with Gasteiger partial charge < -0.3 is 0 Å². The van der Waals surface area contributed by atoms with Gasteiger partial charge in [-0.1, -0.05) is 51.8 Å². The third kappa shape index (κ3) is 6.20. The van der Waals surface area contributed by atoms with Crippen LogP contribution >= 0.6 is 54.5 Å². The van der Waals surface area contributed by atoms with Crippen molar-refractivity contribution in [1.82, 2.24) is 0 Å². The monoisotopic (exact) mass is 522 g/mol. The summed E-state index contributed by atoms with van der Waals surface area (Å²) in [6.07, 6.45) is 2.91. The Morgan fingerprint density at radius 1 is 0.952 bits per heavy atom. The second-order valence-electron chi connectivity index (χ2n) is 4.41. The van der Waals surface area contributed by atoms with E-state index in [1.807, 2.05) is 12.1 Å². The molecule has 0 radical (unpaired) electrons. The van der Waals surface area contributed by atoms with Crippen LogP contribution in [0.4, 0.5) is 0 Å². The summed E-state index contributed by atoms with van der Waals surface area (Å²) in [6, 6.07) is 12.0. The summed E-state index contributed by atoms with van der Waals surface area (Å²) in [5.74, 6) is 0. The average Bonchev–Trinajstić information content (AvgIpc) is 2.51. The predicted molar refractivity (Wildman–Crippen MR) is 105 cm³/mol. The Kier molecular flexibility index (Phi) is 8.74. The van der Waals surface area contributed by atoms with Crippen molar-refractivity contribution in [2.24, 2.45) is 0 Å². The van der Waals surface area contributed by atoms with Gasteiger partial charge in [-0.15, -0.1) is 0 Å². The third-order valence-corrected chi connectivity index (χ3v) is 5.19. The van der Waals surface area contributed by atoms with Crippen LogP contribution in [0.2, 0.25) is 0 Å². The highest BCUT2D eigenvalue weighted by atomic mass is 127. The Morgan fingerprint density at radius 2 is 1.48 bits per heavy atom. The summed E-state index contributed by atoms with van der Waals surface area (Å²) in [6.45, 7) is 4.23. The highest BCUT2D eigenvalue weighted by Crippen LogP contribution is 2.19. The van der Waals surface area contributed by atoms with Gasteiger partial charge in [0.15, 0.2) is 0 Å². The largest absolute Gasteiger partial charge is 0.298 e. The number of aryl methyl sites for hydroxylation is 2. The first-order valence-corrected chi connectivity index (χ1v) is 9.35. The van der Waals surface area contributed by atoms with Gasteiger partial charge in [-0.2, -0.15) is 0 Å². The molecule has 0 saturated heterocycles. The molecule has 0 aliphatic rings. The van der Waals surface area contributed by atoms with E-state index in [-0.39, 0.29) is 0 Å². The number of carbonyl (C=O) groups excluding carboxylic acids is 1. The molecule has 0 amide bonds. The topological polar surface area (TPSA) is 17.1 Å². The molecule has 0 fully saturated rings. The van der Waals surface area contributed by atoms with Gasteiger partial charge >= 0.3 is 0 Å². The molecule has 0 N–H and O–H groups in total. The molecule has 21 heavy (non-hydrogen) atoms. The maximum atomic E-state index is 10.4. The molecule has 2 aromatic rings. The fourth-order valence-corrected chi connectivity index (χ4v) is 3.36. The van der Waals surface area contributed by atoms with E-state index in [4.69, 9.17) is 0 Å². The first kappa shape index (κ1) is 18.8. The fourth-order valence-electron chi connectivity index (χ4n) is 1.75. The molecule has 0 atom stereocenters. The Balaban J connectivity index is 0.000000211. The van der Waals surface area contributed by atoms with Crippen molar-refractivity contribution >= 4 is 60.7 Å². The number of halogens is 3. The third-order valence-electron chi connectivity index (χ3n) is 2.98. The van der Waals surface area contributed by atoms with E-state index in [2.05, 4.69) is 86.5 Å². The summed E-state index contributed by atoms with van der Waals surface area (Å²) in [5.41, 5.74) is 3.30. The number of hydrogen-bond donors (Lipinski definition) is 0. The number of hydrogen-bond acceptors (Lipinski definition) is 1. The van der Waals surface area contributed by atoms with Gasteiger partial charge in [-0.3, -0.25) is 4.79 Å². The zero-order chi connectivity index (χ0) is 15.8. The van der Waals surface area contributed by atoms with Crippen molar-refractivity contribution in [1.29, 1.82) is 0 Å². The van der Waals surface area contributed by atoms with E-state index in [1.165, 1.54) is 19.2 Å². The predicted octanol–water partition coefficient (Wildman–Crippen LogP) is 6.44. The molecule has 0 aromatic heterocycles. The number of aldehydes is 1. The zero-order valence-electron chi connectivity index (χ0n) is 12.0. The van der Waals surface area contributed by atoms with Crippen LogP contribution in [0.3, 0.4) is 0 Å². The minimum atomic E-state index is 0.741. The first-order valence-electron chi connectivity index (χ1n) is 6.69. The van der Waals surface area contributed by atoms with Gasteiger partial charge in [0.1, 0.15) is 6.29 Å². The minimum Gasteiger partial charge on any atom is -0.298 e. The summed E-state index contributed by atoms with van der Waals surface area (Å²) >= 11 is 9.22. The van der Waals surface area contributed by atoms with Crippen LogP contribution in [0.25, 0.3) is 0 Å². The molecule has 0 spiro atoms. The summed E-state index contributed by atoms with van der Waals surface area (Å²) in [4.78, 5) is 10.4. The molecule has 0 aliphatic heterocycles. The van der Waals surface area contributed by atoms with Gasteiger partial charge in [0.2, 0.25) is 0 Å². The van der Waals surface area contributed by atoms with Gasteiger partial charge in [0.25, 0.3) is 0 Å². The molecule has 0 aliphatic carbocycles. The second kappa shape index (κ2) is 9.74. The lowest BCUT2D eigenvalue weighted by atomic mass is 10.1. The Labute approximate surface area is 156 Å². The number of carbonyl (C=O) groups is 1. The van der Waals surface area contributed by atoms with Crippen molar-refractivity contribution in [2.75, 3.05) is 0 Å². The molecule has 0 unspecified atom stereocenters. The van der Waals surface area contributed by atoms with Crippen LogP contribution in [0.1, 0.15) is 35.3 Å². The summed E-state index contributed by atoms with van der Waals surface area (Å²) < 4.78 is 3.60. The molecule has 0 bridgehead atoms. The molecule has 2 aromatic carbocycles. The molecule has 0 saturated carbocycles. The van der Waals surface area contributed by atoms with Crippen molar-refractivity contribution in [3.05, 3.63) is 65.6 Å². The summed E-state index contributed by atoms with van der Waals surface area (Å²) in [5, 5.41) is 0. The average molecular weight is 524 g/mol. The van der Waals surface area contributed by atoms with Crippen molar-refractivity contribution in [3.63, 3.8) is 0 Å². The molecule has 1 nitrogen and oxygen atoms in total. The Hall–Kier alpha value is -0.200. The van der Waals surface area contributed by atoms with E-state index in [9.17, 15) is 4.79 Å². The maximum Gasteiger partial charge on any atom is 0.150 e. The molecule has 0 heterocycles. The van der Waals surface area contributed by atoms with Gasteiger partial charge in [0, 0.05) is 18.1 Å². The fraction of sp³-hybridized carbons (Fsp3) is 0.235. The lowest BCUT2D eigenvalue weighted by molar-refractivity contribution is 0.112. The summed E-state index contributed by atoms with van der Waals surface area (Å²) in [7, 11) is 0. The smallest absolute Gasteiger partial charge is 0.150 e. The molecular weight excluding hydrogens is 507 g/mol. The SMILES string of the molecule is CCc1cc(C=O)ccc1Br.CCc1cc(I)ccc1Br. The standard InChI is InChI=1S/C9H9BrO.C8H8BrI/c1-2-8-5-7(6-11)3-4-9(8)10;1-2-6-5-7(10)3-4-8(6)9/h3-6H,2H2,1H3;3-5H,2H2,1H3. The molecule has 4 heteroatoms. The van der Waals surface area contributed by atoms with Crippen LogP contribution in [-0.4, -0.2) is 6.29 Å². The minimum absolute atomic E-state index is 0.741. The van der Waals surface area contributed by atoms with Crippen LogP contribution in [-0.2, 0) is 12.8 Å². The molecular formula is C17H17Br2IO. The van der Waals surface area contributed by atoms with Crippen molar-refractivity contribution in [2.45, 2.75) is 26.7 Å². The lowest BCUT2D eigenvalue weighted by Crippen LogP contribution is -1.86. The van der Waals surface area contributed by atoms with E-state index < -0.39 is 0 Å². The van der Waals surface area contributed by atoms with E-state index in [1.54, 1.807) is 6.07 Å². The number of rotatable bonds is 3. The number of benzene rings is 2. The van der Waals surface area contributed by atoms with E-state index >= 15 is 0 Å². The molecule has 112 valence electrons. The lowest BCUT2D eigenvalue weighted by Gasteiger charge is -2.00. The van der Waals surface area contributed by atoms with Gasteiger partial charge in [0.05, 0.1) is 0 Å². The van der Waals surface area contributed by atoms with E-state index in [0.29, 0.717) is 0 Å². The van der Waals surface area contributed by atoms with E-state index in [0.717, 1.165) is 29.2 Å². The van der Waals surface area contributed by atoms with Crippen LogP contribution in [0.5, 0.6) is 0 Å². The second-order valence-corrected chi connectivity index (χ2v) is 7.37. The van der Waals surface area contributed by atoms with Crippen LogP contribution in [0, 0.1) is 3.57 Å².